The van der Waals surface area contributed by atoms with Crippen LogP contribution in [0.1, 0.15) is 26.7 Å². The number of rotatable bonds is 7. The van der Waals surface area contributed by atoms with Crippen molar-refractivity contribution in [1.82, 2.24) is 0 Å². The van der Waals surface area contributed by atoms with Crippen LogP contribution in [0.25, 0.3) is 10.8 Å². The molecule has 20 heavy (non-hydrogen) atoms. The van der Waals surface area contributed by atoms with Gasteiger partial charge in [0.05, 0.1) is 0 Å². The summed E-state index contributed by atoms with van der Waals surface area (Å²) in [6.45, 7) is 7.41. The summed E-state index contributed by atoms with van der Waals surface area (Å²) >= 11 is 0. The first-order valence-electron chi connectivity index (χ1n) is 7.69. The summed E-state index contributed by atoms with van der Waals surface area (Å²) < 4.78 is 0. The fraction of sp³-hybridized carbons (Fsp3) is 0.444. The molecular formula is C18H26N2. The minimum absolute atomic E-state index is 0.626. The lowest BCUT2D eigenvalue weighted by Crippen LogP contribution is -2.25. The molecule has 2 nitrogen and oxygen atoms in total. The zero-order valence-corrected chi connectivity index (χ0v) is 12.7. The highest BCUT2D eigenvalue weighted by atomic mass is 15.1. The van der Waals surface area contributed by atoms with E-state index in [-0.39, 0.29) is 0 Å². The van der Waals surface area contributed by atoms with E-state index in [1.165, 1.54) is 29.3 Å². The minimum atomic E-state index is 0.626. The molecule has 0 saturated carbocycles. The number of fused-ring (bicyclic) bond motifs is 1. The Morgan fingerprint density at radius 3 is 2.60 bits per heavy atom. The second kappa shape index (κ2) is 7.30. The molecule has 2 N–H and O–H groups in total. The van der Waals surface area contributed by atoms with Gasteiger partial charge in [-0.2, -0.15) is 0 Å². The minimum Gasteiger partial charge on any atom is -0.371 e. The molecule has 0 spiro atoms. The zero-order chi connectivity index (χ0) is 14.4. The average molecular weight is 270 g/mol. The largest absolute Gasteiger partial charge is 0.371 e. The number of nitrogens with zero attached hydrogens (tertiary/aromatic N) is 1. The van der Waals surface area contributed by atoms with E-state index in [4.69, 9.17) is 5.73 Å². The number of nitrogens with two attached hydrogens (primary N) is 1. The van der Waals surface area contributed by atoms with E-state index in [1.54, 1.807) is 0 Å². The molecule has 0 radical (unpaired) electrons. The van der Waals surface area contributed by atoms with Crippen molar-refractivity contribution in [2.24, 2.45) is 11.7 Å². The Morgan fingerprint density at radius 2 is 1.85 bits per heavy atom. The standard InChI is InChI=1S/C18H26N2/c1-3-20(13-7-8-15(2)14-19)18-12-6-10-16-9-4-5-11-17(16)18/h4-6,9-12,15H,3,7-8,13-14,19H2,1-2H3. The monoisotopic (exact) mass is 270 g/mol. The molecule has 0 saturated heterocycles. The molecule has 0 aliphatic heterocycles. The lowest BCUT2D eigenvalue weighted by molar-refractivity contribution is 0.518. The Bertz CT molecular complexity index is 530. The molecule has 2 rings (SSSR count). The Kier molecular flexibility index (Phi) is 5.42. The summed E-state index contributed by atoms with van der Waals surface area (Å²) in [6.07, 6.45) is 2.41. The van der Waals surface area contributed by atoms with Gasteiger partial charge in [0.25, 0.3) is 0 Å². The van der Waals surface area contributed by atoms with E-state index in [0.717, 1.165) is 19.6 Å². The number of anilines is 1. The third-order valence-corrected chi connectivity index (χ3v) is 4.02. The molecule has 2 aromatic rings. The van der Waals surface area contributed by atoms with Crippen LogP contribution in [0.3, 0.4) is 0 Å². The summed E-state index contributed by atoms with van der Waals surface area (Å²) in [7, 11) is 0. The summed E-state index contributed by atoms with van der Waals surface area (Å²) in [6, 6.07) is 15.2. The molecule has 2 heteroatoms. The lowest BCUT2D eigenvalue weighted by Gasteiger charge is -2.25. The van der Waals surface area contributed by atoms with Gasteiger partial charge in [-0.15, -0.1) is 0 Å². The summed E-state index contributed by atoms with van der Waals surface area (Å²) in [5.41, 5.74) is 7.05. The van der Waals surface area contributed by atoms with Gasteiger partial charge in [-0.05, 0) is 43.7 Å². The van der Waals surface area contributed by atoms with Gasteiger partial charge < -0.3 is 10.6 Å². The SMILES string of the molecule is CCN(CCCC(C)CN)c1cccc2ccccc12. The molecular weight excluding hydrogens is 244 g/mol. The molecule has 0 amide bonds. The highest BCUT2D eigenvalue weighted by molar-refractivity contribution is 5.94. The Morgan fingerprint density at radius 1 is 1.10 bits per heavy atom. The van der Waals surface area contributed by atoms with Gasteiger partial charge in [0.15, 0.2) is 0 Å². The van der Waals surface area contributed by atoms with E-state index in [9.17, 15) is 0 Å². The quantitative estimate of drug-likeness (QED) is 0.822. The molecule has 1 atom stereocenters. The molecule has 0 aliphatic rings. The van der Waals surface area contributed by atoms with Crippen molar-refractivity contribution in [1.29, 1.82) is 0 Å². The average Bonchev–Trinajstić information content (AvgIpc) is 2.51. The predicted molar refractivity (Wildman–Crippen MR) is 89.3 cm³/mol. The summed E-state index contributed by atoms with van der Waals surface area (Å²) in [5.74, 6) is 0.626. The number of benzene rings is 2. The van der Waals surface area contributed by atoms with Crippen molar-refractivity contribution in [3.05, 3.63) is 42.5 Å². The van der Waals surface area contributed by atoms with E-state index in [1.807, 2.05) is 0 Å². The maximum absolute atomic E-state index is 5.69. The topological polar surface area (TPSA) is 29.3 Å². The van der Waals surface area contributed by atoms with Gasteiger partial charge in [-0.1, -0.05) is 43.3 Å². The van der Waals surface area contributed by atoms with Crippen molar-refractivity contribution in [2.45, 2.75) is 26.7 Å². The molecule has 2 aromatic carbocycles. The van der Waals surface area contributed by atoms with Crippen LogP contribution >= 0.6 is 0 Å². The van der Waals surface area contributed by atoms with Crippen molar-refractivity contribution < 1.29 is 0 Å². The predicted octanol–water partition coefficient (Wildman–Crippen LogP) is 4.04. The lowest BCUT2D eigenvalue weighted by atomic mass is 10.0. The molecule has 0 aliphatic carbocycles. The van der Waals surface area contributed by atoms with Crippen LogP contribution in [-0.2, 0) is 0 Å². The van der Waals surface area contributed by atoms with E-state index in [0.29, 0.717) is 5.92 Å². The summed E-state index contributed by atoms with van der Waals surface area (Å²) in [4.78, 5) is 2.48. The molecule has 1 unspecified atom stereocenters. The van der Waals surface area contributed by atoms with Gasteiger partial charge in [-0.25, -0.2) is 0 Å². The normalized spacial score (nSPS) is 12.6. The fourth-order valence-electron chi connectivity index (χ4n) is 2.68. The first kappa shape index (κ1) is 14.9. The van der Waals surface area contributed by atoms with Crippen LogP contribution in [0.2, 0.25) is 0 Å². The first-order chi connectivity index (χ1) is 9.76. The fourth-order valence-corrected chi connectivity index (χ4v) is 2.68. The Labute approximate surface area is 122 Å². The molecule has 0 fully saturated rings. The third kappa shape index (κ3) is 3.51. The van der Waals surface area contributed by atoms with E-state index < -0.39 is 0 Å². The number of hydrogen-bond acceptors (Lipinski definition) is 2. The Hall–Kier alpha value is -1.54. The van der Waals surface area contributed by atoms with Gasteiger partial charge >= 0.3 is 0 Å². The highest BCUT2D eigenvalue weighted by Gasteiger charge is 2.08. The second-order valence-corrected chi connectivity index (χ2v) is 5.56. The van der Waals surface area contributed by atoms with Crippen LogP contribution in [0.4, 0.5) is 5.69 Å². The molecule has 108 valence electrons. The van der Waals surface area contributed by atoms with Crippen molar-refractivity contribution >= 4 is 16.5 Å². The van der Waals surface area contributed by atoms with Crippen LogP contribution in [-0.4, -0.2) is 19.6 Å². The van der Waals surface area contributed by atoms with Crippen LogP contribution in [0, 0.1) is 5.92 Å². The smallest absolute Gasteiger partial charge is 0.0445 e. The van der Waals surface area contributed by atoms with Crippen molar-refractivity contribution in [3.63, 3.8) is 0 Å². The van der Waals surface area contributed by atoms with E-state index in [2.05, 4.69) is 61.2 Å². The molecule has 0 aromatic heterocycles. The first-order valence-corrected chi connectivity index (χ1v) is 7.69. The second-order valence-electron chi connectivity index (χ2n) is 5.56. The van der Waals surface area contributed by atoms with Crippen LogP contribution in [0.15, 0.2) is 42.5 Å². The third-order valence-electron chi connectivity index (χ3n) is 4.02. The van der Waals surface area contributed by atoms with E-state index >= 15 is 0 Å². The summed E-state index contributed by atoms with van der Waals surface area (Å²) in [5, 5.41) is 2.67. The highest BCUT2D eigenvalue weighted by Crippen LogP contribution is 2.26. The zero-order valence-electron chi connectivity index (χ0n) is 12.7. The molecule has 0 heterocycles. The van der Waals surface area contributed by atoms with Crippen LogP contribution in [0.5, 0.6) is 0 Å². The molecule has 0 bridgehead atoms. The van der Waals surface area contributed by atoms with Crippen molar-refractivity contribution in [2.75, 3.05) is 24.5 Å². The van der Waals surface area contributed by atoms with Gasteiger partial charge in [0, 0.05) is 24.2 Å². The number of hydrogen-bond donors (Lipinski definition) is 1. The Balaban J connectivity index is 2.13. The maximum Gasteiger partial charge on any atom is 0.0445 e. The van der Waals surface area contributed by atoms with Crippen LogP contribution < -0.4 is 10.6 Å². The maximum atomic E-state index is 5.69. The van der Waals surface area contributed by atoms with Gasteiger partial charge in [0.2, 0.25) is 0 Å². The van der Waals surface area contributed by atoms with Gasteiger partial charge in [0.1, 0.15) is 0 Å². The van der Waals surface area contributed by atoms with Gasteiger partial charge in [-0.3, -0.25) is 0 Å². The van der Waals surface area contributed by atoms with Crippen molar-refractivity contribution in [3.8, 4) is 0 Å².